The van der Waals surface area contributed by atoms with Crippen molar-refractivity contribution >= 4 is 26.7 Å². The molecule has 0 aliphatic carbocycles. The molecule has 3 aromatic rings. The highest BCUT2D eigenvalue weighted by Crippen LogP contribution is 2.35. The number of ether oxygens (including phenoxy) is 2. The van der Waals surface area contributed by atoms with Crippen LogP contribution in [0, 0.1) is 5.92 Å². The van der Waals surface area contributed by atoms with Gasteiger partial charge in [0.05, 0.1) is 24.6 Å². The number of aromatic nitrogens is 3. The second kappa shape index (κ2) is 7.23. The lowest BCUT2D eigenvalue weighted by Crippen LogP contribution is -2.35. The van der Waals surface area contributed by atoms with Gasteiger partial charge in [0, 0.05) is 25.5 Å². The van der Waals surface area contributed by atoms with Crippen LogP contribution in [0.2, 0.25) is 0 Å². The number of hydrogen-bond donors (Lipinski definition) is 0. The van der Waals surface area contributed by atoms with Crippen LogP contribution in [-0.2, 0) is 0 Å². The lowest BCUT2D eigenvalue weighted by molar-refractivity contribution is 0.215. The Hall–Kier alpha value is -2.41. The molecular formula is C18H20N4O2S. The number of fused-ring (bicyclic) bond motifs is 1. The van der Waals surface area contributed by atoms with Gasteiger partial charge < -0.3 is 14.4 Å². The van der Waals surface area contributed by atoms with Crippen molar-refractivity contribution in [2.75, 3.05) is 31.7 Å². The van der Waals surface area contributed by atoms with Gasteiger partial charge in [0.1, 0.15) is 11.3 Å². The molecule has 0 amide bonds. The van der Waals surface area contributed by atoms with Crippen LogP contribution in [0.4, 0.5) is 5.13 Å². The molecular weight excluding hydrogens is 336 g/mol. The lowest BCUT2D eigenvalue weighted by atomic mass is 9.98. The molecule has 1 aliphatic heterocycles. The maximum absolute atomic E-state index is 5.74. The molecule has 7 heteroatoms. The molecule has 1 aromatic carbocycles. The Morgan fingerprint density at radius 2 is 2.12 bits per heavy atom. The summed E-state index contributed by atoms with van der Waals surface area (Å²) in [5.41, 5.74) is 0.957. The smallest absolute Gasteiger partial charge is 0.232 e. The van der Waals surface area contributed by atoms with Crippen molar-refractivity contribution in [2.24, 2.45) is 5.92 Å². The van der Waals surface area contributed by atoms with Gasteiger partial charge in [-0.3, -0.25) is 4.98 Å². The molecule has 130 valence electrons. The molecule has 0 saturated carbocycles. The summed E-state index contributed by atoms with van der Waals surface area (Å²) in [5.74, 6) is 1.98. The topological polar surface area (TPSA) is 60.4 Å². The van der Waals surface area contributed by atoms with Crippen LogP contribution < -0.4 is 14.4 Å². The number of piperidine rings is 1. The number of thiazole rings is 1. The number of anilines is 1. The second-order valence-corrected chi connectivity index (χ2v) is 7.10. The third kappa shape index (κ3) is 3.51. The fourth-order valence-electron chi connectivity index (χ4n) is 3.07. The fraction of sp³-hybridized carbons (Fsp3) is 0.389. The highest BCUT2D eigenvalue weighted by molar-refractivity contribution is 7.22. The van der Waals surface area contributed by atoms with Crippen LogP contribution in [0.5, 0.6) is 11.6 Å². The van der Waals surface area contributed by atoms with E-state index in [9.17, 15) is 0 Å². The van der Waals surface area contributed by atoms with Crippen LogP contribution in [0.3, 0.4) is 0 Å². The Bertz CT molecular complexity index is 831. The van der Waals surface area contributed by atoms with Crippen molar-refractivity contribution in [1.29, 1.82) is 0 Å². The number of hydrogen-bond acceptors (Lipinski definition) is 7. The molecule has 2 aromatic heterocycles. The summed E-state index contributed by atoms with van der Waals surface area (Å²) in [6.07, 6.45) is 7.14. The van der Waals surface area contributed by atoms with Crippen molar-refractivity contribution in [2.45, 2.75) is 12.8 Å². The first-order valence-electron chi connectivity index (χ1n) is 8.41. The second-order valence-electron chi connectivity index (χ2n) is 6.09. The Morgan fingerprint density at radius 1 is 1.24 bits per heavy atom. The summed E-state index contributed by atoms with van der Waals surface area (Å²) in [6, 6.07) is 6.07. The number of nitrogens with zero attached hydrogens (tertiary/aromatic N) is 4. The summed E-state index contributed by atoms with van der Waals surface area (Å²) in [6.45, 7) is 2.69. The van der Waals surface area contributed by atoms with Gasteiger partial charge in [-0.15, -0.1) is 0 Å². The van der Waals surface area contributed by atoms with E-state index >= 15 is 0 Å². The van der Waals surface area contributed by atoms with Crippen molar-refractivity contribution < 1.29 is 9.47 Å². The Labute approximate surface area is 150 Å². The van der Waals surface area contributed by atoms with E-state index in [1.807, 2.05) is 12.1 Å². The minimum atomic E-state index is 0.544. The third-order valence-electron chi connectivity index (χ3n) is 4.48. The molecule has 25 heavy (non-hydrogen) atoms. The molecule has 1 aliphatic rings. The van der Waals surface area contributed by atoms with Crippen LogP contribution in [0.15, 0.2) is 36.8 Å². The standard InChI is InChI=1S/C18H20N4O2S/c1-23-14-3-2-4-15-17(14)21-18(25-15)22-9-5-13(6-10-22)12-24-16-11-19-7-8-20-16/h2-4,7-8,11,13H,5-6,9-10,12H2,1H3. The minimum absolute atomic E-state index is 0.544. The van der Waals surface area contributed by atoms with Gasteiger partial charge >= 0.3 is 0 Å². The summed E-state index contributed by atoms with van der Waals surface area (Å²) < 4.78 is 12.3. The first kappa shape index (κ1) is 16.1. The van der Waals surface area contributed by atoms with Gasteiger partial charge in [-0.1, -0.05) is 17.4 Å². The van der Waals surface area contributed by atoms with Crippen molar-refractivity contribution in [1.82, 2.24) is 15.0 Å². The van der Waals surface area contributed by atoms with Crippen LogP contribution in [0.1, 0.15) is 12.8 Å². The highest BCUT2D eigenvalue weighted by Gasteiger charge is 2.22. The minimum Gasteiger partial charge on any atom is -0.494 e. The monoisotopic (exact) mass is 356 g/mol. The molecule has 0 atom stereocenters. The molecule has 6 nitrogen and oxygen atoms in total. The Morgan fingerprint density at radius 3 is 2.88 bits per heavy atom. The number of methoxy groups -OCH3 is 1. The largest absolute Gasteiger partial charge is 0.494 e. The molecule has 0 unspecified atom stereocenters. The first-order chi connectivity index (χ1) is 12.3. The zero-order chi connectivity index (χ0) is 17.1. The fourth-order valence-corrected chi connectivity index (χ4v) is 4.10. The van der Waals surface area contributed by atoms with Crippen molar-refractivity contribution in [3.63, 3.8) is 0 Å². The van der Waals surface area contributed by atoms with Crippen LogP contribution in [0.25, 0.3) is 10.2 Å². The van der Waals surface area contributed by atoms with E-state index in [1.165, 1.54) is 4.70 Å². The lowest BCUT2D eigenvalue weighted by Gasteiger charge is -2.31. The normalized spacial score (nSPS) is 15.5. The molecule has 0 spiro atoms. The van der Waals surface area contributed by atoms with E-state index in [4.69, 9.17) is 14.5 Å². The van der Waals surface area contributed by atoms with Gasteiger partial charge in [0.15, 0.2) is 5.13 Å². The summed E-state index contributed by atoms with van der Waals surface area (Å²) in [4.78, 5) is 15.3. The van der Waals surface area contributed by atoms with Gasteiger partial charge in [0.25, 0.3) is 0 Å². The number of benzene rings is 1. The van der Waals surface area contributed by atoms with Gasteiger partial charge in [-0.25, -0.2) is 9.97 Å². The zero-order valence-corrected chi connectivity index (χ0v) is 14.9. The zero-order valence-electron chi connectivity index (χ0n) is 14.1. The SMILES string of the molecule is COc1cccc2sc(N3CCC(COc4cnccn4)CC3)nc12. The van der Waals surface area contributed by atoms with E-state index in [0.717, 1.165) is 42.3 Å². The van der Waals surface area contributed by atoms with Crippen LogP contribution in [-0.4, -0.2) is 41.8 Å². The molecule has 0 N–H and O–H groups in total. The van der Waals surface area contributed by atoms with E-state index in [1.54, 1.807) is 37.0 Å². The highest BCUT2D eigenvalue weighted by atomic mass is 32.1. The molecule has 3 heterocycles. The summed E-state index contributed by atoms with van der Waals surface area (Å²) in [5, 5.41) is 1.08. The molecule has 4 rings (SSSR count). The quantitative estimate of drug-likeness (QED) is 0.698. The van der Waals surface area contributed by atoms with Gasteiger partial charge in [-0.05, 0) is 30.9 Å². The predicted octanol–water partition coefficient (Wildman–Crippen LogP) is 3.39. The molecule has 1 saturated heterocycles. The van der Waals surface area contributed by atoms with E-state index in [-0.39, 0.29) is 0 Å². The number of rotatable bonds is 5. The third-order valence-corrected chi connectivity index (χ3v) is 5.56. The van der Waals surface area contributed by atoms with Gasteiger partial charge in [-0.2, -0.15) is 0 Å². The van der Waals surface area contributed by atoms with Crippen LogP contribution >= 0.6 is 11.3 Å². The predicted molar refractivity (Wildman–Crippen MR) is 98.6 cm³/mol. The van der Waals surface area contributed by atoms with Gasteiger partial charge in [0.2, 0.25) is 5.88 Å². The Kier molecular flexibility index (Phi) is 4.65. The maximum atomic E-state index is 5.74. The van der Waals surface area contributed by atoms with Crippen molar-refractivity contribution in [3.05, 3.63) is 36.8 Å². The molecule has 1 fully saturated rings. The first-order valence-corrected chi connectivity index (χ1v) is 9.22. The average Bonchev–Trinajstić information content (AvgIpc) is 3.12. The maximum Gasteiger partial charge on any atom is 0.232 e. The molecule has 0 radical (unpaired) electrons. The van der Waals surface area contributed by atoms with E-state index < -0.39 is 0 Å². The Balaban J connectivity index is 1.37. The number of para-hydroxylation sites is 1. The average molecular weight is 356 g/mol. The van der Waals surface area contributed by atoms with E-state index in [2.05, 4.69) is 20.9 Å². The summed E-state index contributed by atoms with van der Waals surface area (Å²) >= 11 is 1.73. The van der Waals surface area contributed by atoms with E-state index in [0.29, 0.717) is 18.4 Å². The van der Waals surface area contributed by atoms with Crippen molar-refractivity contribution in [3.8, 4) is 11.6 Å². The summed E-state index contributed by atoms with van der Waals surface area (Å²) in [7, 11) is 1.69. The molecule has 0 bridgehead atoms.